The van der Waals surface area contributed by atoms with Gasteiger partial charge in [0.15, 0.2) is 5.76 Å². The van der Waals surface area contributed by atoms with Crippen molar-refractivity contribution in [2.45, 2.75) is 0 Å². The minimum atomic E-state index is -0.446. The minimum Gasteiger partial charge on any atom is -0.480 e. The molecular formula is C19H11Br3N2O3. The van der Waals surface area contributed by atoms with Crippen molar-refractivity contribution in [2.24, 2.45) is 5.10 Å². The van der Waals surface area contributed by atoms with Gasteiger partial charge in [-0.3, -0.25) is 4.79 Å². The van der Waals surface area contributed by atoms with Gasteiger partial charge in [0.2, 0.25) is 0 Å². The van der Waals surface area contributed by atoms with Gasteiger partial charge in [0, 0.05) is 9.86 Å². The Hall–Kier alpha value is -2.08. The summed E-state index contributed by atoms with van der Waals surface area (Å²) in [5, 5.41) is 4.76. The molecule has 0 saturated heterocycles. The zero-order valence-corrected chi connectivity index (χ0v) is 18.4. The second-order valence-corrected chi connectivity index (χ2v) is 7.92. The molecule has 1 amide bonds. The third-order valence-electron chi connectivity index (χ3n) is 3.41. The normalized spacial score (nSPS) is 10.9. The van der Waals surface area contributed by atoms with Gasteiger partial charge in [0.05, 0.1) is 15.2 Å². The third kappa shape index (κ3) is 4.80. The van der Waals surface area contributed by atoms with E-state index in [0.29, 0.717) is 11.3 Å². The van der Waals surface area contributed by atoms with E-state index in [1.165, 1.54) is 6.21 Å². The predicted molar refractivity (Wildman–Crippen MR) is 115 cm³/mol. The first kappa shape index (κ1) is 19.7. The van der Waals surface area contributed by atoms with Gasteiger partial charge in [0.25, 0.3) is 0 Å². The summed E-state index contributed by atoms with van der Waals surface area (Å²) >= 11 is 10.2. The largest absolute Gasteiger partial charge is 0.480 e. The lowest BCUT2D eigenvalue weighted by Crippen LogP contribution is -2.16. The van der Waals surface area contributed by atoms with Crippen LogP contribution in [-0.2, 0) is 0 Å². The van der Waals surface area contributed by atoms with Crippen LogP contribution in [0.5, 0.6) is 5.75 Å². The van der Waals surface area contributed by atoms with Gasteiger partial charge in [0.1, 0.15) is 17.9 Å². The zero-order chi connectivity index (χ0) is 19.4. The summed E-state index contributed by atoms with van der Waals surface area (Å²) in [6, 6.07) is 10.7. The van der Waals surface area contributed by atoms with E-state index < -0.39 is 5.91 Å². The predicted octanol–water partition coefficient (Wildman–Crippen LogP) is 5.50. The van der Waals surface area contributed by atoms with E-state index in [0.717, 1.165) is 24.4 Å². The number of halogens is 3. The van der Waals surface area contributed by atoms with Crippen molar-refractivity contribution < 1.29 is 13.9 Å². The summed E-state index contributed by atoms with van der Waals surface area (Å²) in [7, 11) is 0. The molecule has 0 spiro atoms. The molecule has 3 aromatic rings. The van der Waals surface area contributed by atoms with Crippen LogP contribution in [0.3, 0.4) is 0 Å². The van der Waals surface area contributed by atoms with Crippen molar-refractivity contribution in [1.82, 2.24) is 5.43 Å². The Bertz CT molecular complexity index is 1080. The topological polar surface area (TPSA) is 63.8 Å². The SMILES string of the molecule is C#CCOc1ccc(/C=N\NC(=O)c2cc3cc(Br)cc(Br)c3o2)cc1Br. The first-order chi connectivity index (χ1) is 13.0. The lowest BCUT2D eigenvalue weighted by molar-refractivity contribution is 0.0929. The van der Waals surface area contributed by atoms with Gasteiger partial charge in [-0.05, 0) is 73.8 Å². The average Bonchev–Trinajstić information content (AvgIpc) is 3.05. The summed E-state index contributed by atoms with van der Waals surface area (Å²) in [6.45, 7) is 0.187. The Morgan fingerprint density at radius 1 is 1.22 bits per heavy atom. The number of nitrogens with zero attached hydrogens (tertiary/aromatic N) is 1. The highest BCUT2D eigenvalue weighted by Crippen LogP contribution is 2.31. The number of hydrazone groups is 1. The third-order valence-corrected chi connectivity index (χ3v) is 5.07. The molecule has 0 unspecified atom stereocenters. The molecule has 0 saturated carbocycles. The lowest BCUT2D eigenvalue weighted by Gasteiger charge is -2.05. The number of carbonyl (C=O) groups is 1. The molecule has 1 heterocycles. The smallest absolute Gasteiger partial charge is 0.307 e. The van der Waals surface area contributed by atoms with E-state index in [1.807, 2.05) is 12.1 Å². The van der Waals surface area contributed by atoms with Crippen molar-refractivity contribution in [1.29, 1.82) is 0 Å². The molecule has 0 fully saturated rings. The van der Waals surface area contributed by atoms with Crippen LogP contribution in [0.15, 0.2) is 59.3 Å². The summed E-state index contributed by atoms with van der Waals surface area (Å²) < 4.78 is 13.3. The van der Waals surface area contributed by atoms with Crippen LogP contribution in [0.2, 0.25) is 0 Å². The van der Waals surface area contributed by atoms with Crippen LogP contribution in [-0.4, -0.2) is 18.7 Å². The summed E-state index contributed by atoms with van der Waals surface area (Å²) in [6.07, 6.45) is 6.69. The molecule has 0 aliphatic heterocycles. The minimum absolute atomic E-state index is 0.167. The zero-order valence-electron chi connectivity index (χ0n) is 13.6. The van der Waals surface area contributed by atoms with Crippen LogP contribution in [0.1, 0.15) is 16.1 Å². The fraction of sp³-hybridized carbons (Fsp3) is 0.0526. The molecule has 1 N–H and O–H groups in total. The lowest BCUT2D eigenvalue weighted by atomic mass is 10.2. The van der Waals surface area contributed by atoms with Crippen molar-refractivity contribution in [3.8, 4) is 18.1 Å². The van der Waals surface area contributed by atoms with Crippen LogP contribution in [0, 0.1) is 12.3 Å². The van der Waals surface area contributed by atoms with Crippen molar-refractivity contribution >= 4 is 70.9 Å². The number of terminal acetylenes is 1. The summed E-state index contributed by atoms with van der Waals surface area (Å²) in [4.78, 5) is 12.2. The fourth-order valence-electron chi connectivity index (χ4n) is 2.24. The van der Waals surface area contributed by atoms with E-state index in [1.54, 1.807) is 24.3 Å². The average molecular weight is 555 g/mol. The van der Waals surface area contributed by atoms with Gasteiger partial charge in [-0.25, -0.2) is 5.43 Å². The molecule has 136 valence electrons. The highest BCUT2D eigenvalue weighted by Gasteiger charge is 2.14. The van der Waals surface area contributed by atoms with Crippen LogP contribution in [0.25, 0.3) is 11.0 Å². The first-order valence-corrected chi connectivity index (χ1v) is 9.93. The molecule has 0 bridgehead atoms. The Morgan fingerprint density at radius 2 is 2.04 bits per heavy atom. The van der Waals surface area contributed by atoms with Crippen molar-refractivity contribution in [3.63, 3.8) is 0 Å². The Labute approximate surface area is 180 Å². The van der Waals surface area contributed by atoms with Gasteiger partial charge in [-0.1, -0.05) is 21.9 Å². The Morgan fingerprint density at radius 3 is 2.78 bits per heavy atom. The number of hydrogen-bond acceptors (Lipinski definition) is 4. The van der Waals surface area contributed by atoms with Crippen molar-refractivity contribution in [3.05, 3.63) is 61.1 Å². The number of amides is 1. The monoisotopic (exact) mass is 552 g/mol. The molecule has 0 aliphatic carbocycles. The molecule has 1 aromatic heterocycles. The van der Waals surface area contributed by atoms with Crippen molar-refractivity contribution in [2.75, 3.05) is 6.61 Å². The number of benzene rings is 2. The number of hydrogen-bond donors (Lipinski definition) is 1. The first-order valence-electron chi connectivity index (χ1n) is 7.55. The summed E-state index contributed by atoms with van der Waals surface area (Å²) in [5.41, 5.74) is 3.81. The molecular weight excluding hydrogens is 544 g/mol. The van der Waals surface area contributed by atoms with Crippen LogP contribution >= 0.6 is 47.8 Å². The van der Waals surface area contributed by atoms with E-state index in [9.17, 15) is 4.79 Å². The van der Waals surface area contributed by atoms with E-state index in [-0.39, 0.29) is 12.4 Å². The Kier molecular flexibility index (Phi) is 6.37. The quantitative estimate of drug-likeness (QED) is 0.257. The van der Waals surface area contributed by atoms with E-state index in [2.05, 4.69) is 64.2 Å². The Balaban J connectivity index is 1.69. The van der Waals surface area contributed by atoms with E-state index >= 15 is 0 Å². The molecule has 3 rings (SSSR count). The number of rotatable bonds is 5. The molecule has 5 nitrogen and oxygen atoms in total. The highest BCUT2D eigenvalue weighted by molar-refractivity contribution is 9.11. The molecule has 0 aliphatic rings. The fourth-order valence-corrected chi connectivity index (χ4v) is 4.09. The number of nitrogens with one attached hydrogen (secondary N) is 1. The number of carbonyl (C=O) groups excluding carboxylic acids is 1. The second kappa shape index (κ2) is 8.74. The maximum absolute atomic E-state index is 12.2. The molecule has 27 heavy (non-hydrogen) atoms. The van der Waals surface area contributed by atoms with Crippen LogP contribution < -0.4 is 10.2 Å². The maximum atomic E-state index is 12.2. The van der Waals surface area contributed by atoms with Gasteiger partial charge < -0.3 is 9.15 Å². The maximum Gasteiger partial charge on any atom is 0.307 e. The second-order valence-electron chi connectivity index (χ2n) is 5.30. The molecule has 0 radical (unpaired) electrons. The van der Waals surface area contributed by atoms with Gasteiger partial charge in [-0.2, -0.15) is 5.10 Å². The summed E-state index contributed by atoms with van der Waals surface area (Å²) in [5.74, 6) is 2.76. The highest BCUT2D eigenvalue weighted by atomic mass is 79.9. The van der Waals surface area contributed by atoms with Crippen LogP contribution in [0.4, 0.5) is 0 Å². The van der Waals surface area contributed by atoms with E-state index in [4.69, 9.17) is 15.6 Å². The molecule has 2 aromatic carbocycles. The molecule has 0 atom stereocenters. The van der Waals surface area contributed by atoms with Gasteiger partial charge in [-0.15, -0.1) is 6.42 Å². The number of ether oxygens (including phenoxy) is 1. The standard InChI is InChI=1S/C19H11Br3N2O3/c1-2-5-26-16-4-3-11(6-14(16)21)10-23-24-19(25)17-8-12-7-13(20)9-15(22)18(12)27-17/h1,3-4,6-10H,5H2,(H,24,25)/b23-10-. The number of fused-ring (bicyclic) bond motifs is 1. The number of furan rings is 1. The van der Waals surface area contributed by atoms with Gasteiger partial charge >= 0.3 is 5.91 Å². The molecule has 8 heteroatoms.